The fraction of sp³-hybridized carbons (Fsp3) is 0.286. The van der Waals surface area contributed by atoms with Crippen molar-refractivity contribution in [2.45, 2.75) is 13.3 Å². The summed E-state index contributed by atoms with van der Waals surface area (Å²) in [4.78, 5) is 8.68. The lowest BCUT2D eigenvalue weighted by molar-refractivity contribution is 0.417. The van der Waals surface area contributed by atoms with Gasteiger partial charge in [0.25, 0.3) is 0 Å². The Hall–Kier alpha value is -1.35. The summed E-state index contributed by atoms with van der Waals surface area (Å²) in [5.41, 5.74) is 7.73. The van der Waals surface area contributed by atoms with Crippen molar-refractivity contribution in [1.82, 2.24) is 4.98 Å². The van der Waals surface area contributed by atoms with Crippen LogP contribution in [0.1, 0.15) is 10.7 Å². The Balaban J connectivity index is 0.00000220. The number of guanidine groups is 1. The number of anilines is 1. The lowest BCUT2D eigenvalue weighted by Crippen LogP contribution is -2.23. The lowest BCUT2D eigenvalue weighted by Gasteiger charge is -2.09. The highest BCUT2D eigenvalue weighted by atomic mass is 127. The molecule has 0 spiro atoms. The number of halogens is 1. The third-order valence-electron chi connectivity index (χ3n) is 2.69. The number of para-hydroxylation sites is 2. The fourth-order valence-electron chi connectivity index (χ4n) is 1.74. The van der Waals surface area contributed by atoms with Crippen LogP contribution >= 0.6 is 35.3 Å². The van der Waals surface area contributed by atoms with E-state index in [9.17, 15) is 0 Å². The molecular formula is C14H19IN4OS. The second-order valence-corrected chi connectivity index (χ2v) is 5.26. The second-order valence-electron chi connectivity index (χ2n) is 4.20. The Morgan fingerprint density at radius 1 is 1.43 bits per heavy atom. The minimum Gasteiger partial charge on any atom is -0.495 e. The minimum atomic E-state index is 0. The lowest BCUT2D eigenvalue weighted by atomic mass is 10.3. The number of nitrogens with zero attached hydrogens (tertiary/aromatic N) is 2. The van der Waals surface area contributed by atoms with Gasteiger partial charge < -0.3 is 15.8 Å². The Morgan fingerprint density at radius 2 is 2.19 bits per heavy atom. The quantitative estimate of drug-likeness (QED) is 0.445. The van der Waals surface area contributed by atoms with E-state index in [2.05, 4.69) is 20.7 Å². The number of aliphatic imine (C=N–C) groups is 1. The van der Waals surface area contributed by atoms with Crippen LogP contribution in [0.2, 0.25) is 0 Å². The van der Waals surface area contributed by atoms with Crippen LogP contribution in [-0.2, 0) is 6.42 Å². The molecule has 114 valence electrons. The van der Waals surface area contributed by atoms with Crippen molar-refractivity contribution in [3.8, 4) is 5.75 Å². The molecule has 5 nitrogen and oxygen atoms in total. The van der Waals surface area contributed by atoms with Crippen molar-refractivity contribution in [2.75, 3.05) is 19.0 Å². The van der Waals surface area contributed by atoms with Gasteiger partial charge in [0.05, 0.1) is 23.5 Å². The van der Waals surface area contributed by atoms with E-state index < -0.39 is 0 Å². The summed E-state index contributed by atoms with van der Waals surface area (Å²) >= 11 is 1.65. The van der Waals surface area contributed by atoms with E-state index in [0.717, 1.165) is 28.6 Å². The molecule has 7 heteroatoms. The zero-order valence-electron chi connectivity index (χ0n) is 12.0. The van der Waals surface area contributed by atoms with Gasteiger partial charge in [0.1, 0.15) is 5.75 Å². The molecule has 3 N–H and O–H groups in total. The van der Waals surface area contributed by atoms with E-state index >= 15 is 0 Å². The number of nitrogens with two attached hydrogens (primary N) is 1. The van der Waals surface area contributed by atoms with Gasteiger partial charge in [-0.3, -0.25) is 4.99 Å². The molecule has 0 saturated heterocycles. The number of aromatic nitrogens is 1. The summed E-state index contributed by atoms with van der Waals surface area (Å²) in [7, 11) is 1.62. The normalized spacial score (nSPS) is 10.9. The summed E-state index contributed by atoms with van der Waals surface area (Å²) in [6.45, 7) is 2.60. The number of ether oxygens (including phenoxy) is 1. The first kappa shape index (κ1) is 17.7. The Morgan fingerprint density at radius 3 is 2.86 bits per heavy atom. The van der Waals surface area contributed by atoms with Crippen molar-refractivity contribution < 1.29 is 4.74 Å². The molecule has 0 bridgehead atoms. The highest BCUT2D eigenvalue weighted by molar-refractivity contribution is 14.0. The van der Waals surface area contributed by atoms with Gasteiger partial charge in [-0.2, -0.15) is 0 Å². The number of rotatable bonds is 5. The minimum absolute atomic E-state index is 0. The average molecular weight is 418 g/mol. The summed E-state index contributed by atoms with van der Waals surface area (Å²) < 4.78 is 5.24. The number of hydrogen-bond acceptors (Lipinski definition) is 4. The summed E-state index contributed by atoms with van der Waals surface area (Å²) in [6.07, 6.45) is 0.790. The molecule has 0 aliphatic carbocycles. The molecule has 2 aromatic rings. The molecule has 2 rings (SSSR count). The largest absolute Gasteiger partial charge is 0.495 e. The maximum Gasteiger partial charge on any atom is 0.193 e. The Labute approximate surface area is 145 Å². The highest BCUT2D eigenvalue weighted by Gasteiger charge is 2.02. The zero-order chi connectivity index (χ0) is 14.4. The smallest absolute Gasteiger partial charge is 0.193 e. The first-order valence-electron chi connectivity index (χ1n) is 6.30. The molecule has 0 amide bonds. The molecule has 0 saturated carbocycles. The van der Waals surface area contributed by atoms with Gasteiger partial charge in [-0.15, -0.1) is 35.3 Å². The van der Waals surface area contributed by atoms with E-state index in [4.69, 9.17) is 10.5 Å². The van der Waals surface area contributed by atoms with Gasteiger partial charge >= 0.3 is 0 Å². The van der Waals surface area contributed by atoms with Crippen molar-refractivity contribution in [2.24, 2.45) is 10.7 Å². The number of thiazole rings is 1. The SMILES string of the molecule is COc1ccccc1NC(N)=NCCc1csc(C)n1.I. The molecule has 0 aliphatic rings. The van der Waals surface area contributed by atoms with E-state index in [1.165, 1.54) is 0 Å². The van der Waals surface area contributed by atoms with Crippen molar-refractivity contribution >= 4 is 47.0 Å². The maximum atomic E-state index is 5.86. The Kier molecular flexibility index (Phi) is 7.44. The van der Waals surface area contributed by atoms with E-state index in [1.807, 2.05) is 31.2 Å². The number of hydrogen-bond donors (Lipinski definition) is 2. The molecule has 0 fully saturated rings. The first-order chi connectivity index (χ1) is 9.69. The summed E-state index contributed by atoms with van der Waals surface area (Å²) in [5, 5.41) is 6.16. The second kappa shape index (κ2) is 8.83. The van der Waals surface area contributed by atoms with Gasteiger partial charge in [-0.1, -0.05) is 12.1 Å². The fourth-order valence-corrected chi connectivity index (χ4v) is 2.39. The monoisotopic (exact) mass is 418 g/mol. The predicted octanol–water partition coefficient (Wildman–Crippen LogP) is 3.05. The van der Waals surface area contributed by atoms with Crippen LogP contribution in [0, 0.1) is 6.92 Å². The maximum absolute atomic E-state index is 5.86. The molecule has 0 radical (unpaired) electrons. The van der Waals surface area contributed by atoms with Gasteiger partial charge in [0.15, 0.2) is 5.96 Å². The van der Waals surface area contributed by atoms with Gasteiger partial charge in [-0.25, -0.2) is 4.98 Å². The van der Waals surface area contributed by atoms with Crippen LogP contribution in [-0.4, -0.2) is 24.6 Å². The summed E-state index contributed by atoms with van der Waals surface area (Å²) in [5.74, 6) is 1.11. The number of benzene rings is 1. The van der Waals surface area contributed by atoms with Gasteiger partial charge in [0.2, 0.25) is 0 Å². The van der Waals surface area contributed by atoms with Crippen LogP contribution in [0.5, 0.6) is 5.75 Å². The standard InChI is InChI=1S/C14H18N4OS.HI/c1-10-17-11(9-20-10)7-8-16-14(15)18-12-5-3-4-6-13(12)19-2;/h3-6,9H,7-8H2,1-2H3,(H3,15,16,18);1H. The van der Waals surface area contributed by atoms with E-state index in [-0.39, 0.29) is 24.0 Å². The topological polar surface area (TPSA) is 72.5 Å². The molecule has 21 heavy (non-hydrogen) atoms. The Bertz CT molecular complexity index is 600. The van der Waals surface area contributed by atoms with Gasteiger partial charge in [-0.05, 0) is 19.1 Å². The van der Waals surface area contributed by atoms with Crippen LogP contribution in [0.3, 0.4) is 0 Å². The third kappa shape index (κ3) is 5.50. The molecule has 0 aliphatic heterocycles. The zero-order valence-corrected chi connectivity index (χ0v) is 15.1. The molecule has 1 heterocycles. The molecular weight excluding hydrogens is 399 g/mol. The average Bonchev–Trinajstić information content (AvgIpc) is 2.85. The van der Waals surface area contributed by atoms with Crippen molar-refractivity contribution in [3.63, 3.8) is 0 Å². The van der Waals surface area contributed by atoms with E-state index in [0.29, 0.717) is 12.5 Å². The van der Waals surface area contributed by atoms with Crippen molar-refractivity contribution in [3.05, 3.63) is 40.3 Å². The van der Waals surface area contributed by atoms with Crippen molar-refractivity contribution in [1.29, 1.82) is 0 Å². The first-order valence-corrected chi connectivity index (χ1v) is 7.18. The van der Waals surface area contributed by atoms with E-state index in [1.54, 1.807) is 18.4 Å². The number of aryl methyl sites for hydroxylation is 1. The molecule has 1 aromatic heterocycles. The van der Waals surface area contributed by atoms with Gasteiger partial charge in [0, 0.05) is 18.3 Å². The molecule has 1 aromatic carbocycles. The molecule has 0 unspecified atom stereocenters. The van der Waals surface area contributed by atoms with Crippen LogP contribution in [0.4, 0.5) is 5.69 Å². The molecule has 0 atom stereocenters. The van der Waals surface area contributed by atoms with Crippen LogP contribution in [0.15, 0.2) is 34.6 Å². The third-order valence-corrected chi connectivity index (χ3v) is 3.51. The number of nitrogens with one attached hydrogen (secondary N) is 1. The summed E-state index contributed by atoms with van der Waals surface area (Å²) in [6, 6.07) is 7.58. The van der Waals surface area contributed by atoms with Crippen LogP contribution in [0.25, 0.3) is 0 Å². The predicted molar refractivity (Wildman–Crippen MR) is 99.1 cm³/mol. The van der Waals surface area contributed by atoms with Crippen LogP contribution < -0.4 is 15.8 Å². The highest BCUT2D eigenvalue weighted by Crippen LogP contribution is 2.22. The number of methoxy groups -OCH3 is 1.